The fourth-order valence-electron chi connectivity index (χ4n) is 3.65. The third kappa shape index (κ3) is 4.82. The molecule has 0 spiro atoms. The van der Waals surface area contributed by atoms with Crippen LogP contribution < -0.4 is 10.0 Å². The molecule has 0 radical (unpaired) electrons. The summed E-state index contributed by atoms with van der Waals surface area (Å²) in [5.74, 6) is -2.20. The molecule has 0 amide bonds. The predicted octanol–water partition coefficient (Wildman–Crippen LogP) is 6.72. The normalized spacial score (nSPS) is 11.2. The summed E-state index contributed by atoms with van der Waals surface area (Å²) >= 11 is 5.99. The van der Waals surface area contributed by atoms with Crippen molar-refractivity contribution >= 4 is 55.5 Å². The zero-order valence-electron chi connectivity index (χ0n) is 19.2. The van der Waals surface area contributed by atoms with E-state index >= 15 is 4.39 Å². The van der Waals surface area contributed by atoms with Crippen LogP contribution in [0.15, 0.2) is 84.0 Å². The minimum atomic E-state index is -4.28. The first kappa shape index (κ1) is 25.0. The molecule has 188 valence electrons. The van der Waals surface area contributed by atoms with E-state index in [1.54, 1.807) is 42.5 Å². The maximum atomic E-state index is 15.4. The summed E-state index contributed by atoms with van der Waals surface area (Å²) in [6, 6.07) is 17.7. The van der Waals surface area contributed by atoms with Gasteiger partial charge >= 0.3 is 0 Å². The average molecular weight is 549 g/mol. The maximum Gasteiger partial charge on any atom is 0.263 e. The van der Waals surface area contributed by atoms with Gasteiger partial charge in [0, 0.05) is 0 Å². The smallest absolute Gasteiger partial charge is 0.263 e. The highest BCUT2D eigenvalue weighted by Gasteiger charge is 2.23. The number of fused-ring (bicyclic) bond motifs is 1. The van der Waals surface area contributed by atoms with Crippen LogP contribution in [0.1, 0.15) is 0 Å². The SMILES string of the molecule is [C-]#[N+]c1cccc(-c2ccc3ncnc(Nc4c(F)ccc(NS(=O)(=O)c5ccccc5Cl)c4F)c3n2)c1. The molecule has 0 aliphatic rings. The van der Waals surface area contributed by atoms with E-state index in [0.717, 1.165) is 12.1 Å². The number of hydrogen-bond acceptors (Lipinski definition) is 6. The zero-order valence-corrected chi connectivity index (χ0v) is 20.7. The fraction of sp³-hybridized carbons (Fsp3) is 0. The Balaban J connectivity index is 1.54. The second-order valence-corrected chi connectivity index (χ2v) is 9.95. The zero-order chi connectivity index (χ0) is 26.9. The lowest BCUT2D eigenvalue weighted by Crippen LogP contribution is -2.15. The minimum Gasteiger partial charge on any atom is -0.333 e. The fourth-order valence-corrected chi connectivity index (χ4v) is 5.23. The minimum absolute atomic E-state index is 0.0119. The van der Waals surface area contributed by atoms with Gasteiger partial charge in [0.25, 0.3) is 10.0 Å². The van der Waals surface area contributed by atoms with Crippen LogP contribution in [0.25, 0.3) is 27.1 Å². The van der Waals surface area contributed by atoms with Crippen LogP contribution in [0.4, 0.5) is 31.7 Å². The molecule has 0 aliphatic carbocycles. The second-order valence-electron chi connectivity index (χ2n) is 7.89. The van der Waals surface area contributed by atoms with Gasteiger partial charge < -0.3 is 5.32 Å². The van der Waals surface area contributed by atoms with Crippen LogP contribution in [0, 0.1) is 18.2 Å². The number of aromatic nitrogens is 3. The molecule has 0 fully saturated rings. The Kier molecular flexibility index (Phi) is 6.59. The van der Waals surface area contributed by atoms with Crippen molar-refractivity contribution in [3.05, 3.63) is 107 Å². The molecule has 0 bridgehead atoms. The number of halogens is 3. The molecule has 0 unspecified atom stereocenters. The monoisotopic (exact) mass is 548 g/mol. The lowest BCUT2D eigenvalue weighted by atomic mass is 10.1. The number of hydrogen-bond donors (Lipinski definition) is 2. The summed E-state index contributed by atoms with van der Waals surface area (Å²) < 4.78 is 57.9. The summed E-state index contributed by atoms with van der Waals surface area (Å²) in [4.78, 5) is 15.9. The van der Waals surface area contributed by atoms with Gasteiger partial charge in [-0.1, -0.05) is 41.9 Å². The molecule has 2 heterocycles. The number of nitrogens with zero attached hydrogens (tertiary/aromatic N) is 4. The number of rotatable bonds is 6. The van der Waals surface area contributed by atoms with Crippen LogP contribution >= 0.6 is 11.6 Å². The molecule has 0 saturated heterocycles. The summed E-state index contributed by atoms with van der Waals surface area (Å²) in [5, 5.41) is 2.53. The van der Waals surface area contributed by atoms with E-state index in [1.165, 1.54) is 24.5 Å². The topological polar surface area (TPSA) is 101 Å². The van der Waals surface area contributed by atoms with E-state index in [1.807, 2.05) is 0 Å². The molecule has 0 atom stereocenters. The van der Waals surface area contributed by atoms with E-state index in [9.17, 15) is 12.8 Å². The Labute approximate surface area is 220 Å². The van der Waals surface area contributed by atoms with E-state index in [-0.39, 0.29) is 21.3 Å². The third-order valence-corrected chi connectivity index (χ3v) is 7.32. The Morgan fingerprint density at radius 2 is 1.76 bits per heavy atom. The van der Waals surface area contributed by atoms with E-state index in [0.29, 0.717) is 22.5 Å². The quantitative estimate of drug-likeness (QED) is 0.228. The Morgan fingerprint density at radius 3 is 2.55 bits per heavy atom. The first-order valence-electron chi connectivity index (χ1n) is 10.9. The van der Waals surface area contributed by atoms with Crippen molar-refractivity contribution in [2.75, 3.05) is 10.0 Å². The summed E-state index contributed by atoms with van der Waals surface area (Å²) in [6.45, 7) is 7.22. The van der Waals surface area contributed by atoms with Crippen molar-refractivity contribution in [1.82, 2.24) is 15.0 Å². The molecule has 5 rings (SSSR count). The molecule has 0 aliphatic heterocycles. The molecule has 3 aromatic carbocycles. The summed E-state index contributed by atoms with van der Waals surface area (Å²) in [6.07, 6.45) is 1.20. The highest BCUT2D eigenvalue weighted by atomic mass is 35.5. The van der Waals surface area contributed by atoms with Crippen molar-refractivity contribution in [2.24, 2.45) is 0 Å². The van der Waals surface area contributed by atoms with Crippen molar-refractivity contribution < 1.29 is 17.2 Å². The van der Waals surface area contributed by atoms with Crippen LogP contribution in [0.2, 0.25) is 5.02 Å². The molecule has 2 N–H and O–H groups in total. The van der Waals surface area contributed by atoms with Gasteiger partial charge in [-0.05, 0) is 48.0 Å². The van der Waals surface area contributed by atoms with Crippen molar-refractivity contribution in [3.63, 3.8) is 0 Å². The van der Waals surface area contributed by atoms with E-state index < -0.39 is 33.0 Å². The van der Waals surface area contributed by atoms with Gasteiger partial charge in [-0.2, -0.15) is 0 Å². The molecule has 2 aromatic heterocycles. The summed E-state index contributed by atoms with van der Waals surface area (Å²) in [5.41, 5.74) is 1.02. The molecule has 5 aromatic rings. The van der Waals surface area contributed by atoms with E-state index in [2.05, 4.69) is 29.8 Å². The standard InChI is InChI=1S/C26H15ClF2N6O2S/c1-30-16-6-4-5-15(13-16)19-11-12-21-25(33-19)26(32-14-31-21)34-24-18(28)9-10-20(23(24)29)35-38(36,37)22-8-3-2-7-17(22)27/h2-14,35H,(H,31,32,34). The second kappa shape index (κ2) is 10.0. The third-order valence-electron chi connectivity index (χ3n) is 5.46. The van der Waals surface area contributed by atoms with Gasteiger partial charge in [0.05, 0.1) is 28.5 Å². The van der Waals surface area contributed by atoms with Crippen LogP contribution in [-0.4, -0.2) is 23.4 Å². The number of anilines is 3. The Bertz CT molecular complexity index is 1860. The van der Waals surface area contributed by atoms with Crippen LogP contribution in [0.5, 0.6) is 0 Å². The van der Waals surface area contributed by atoms with Crippen LogP contribution in [0.3, 0.4) is 0 Å². The Hall–Kier alpha value is -4.66. The number of benzene rings is 3. The number of nitrogens with one attached hydrogen (secondary N) is 2. The van der Waals surface area contributed by atoms with Crippen molar-refractivity contribution in [3.8, 4) is 11.3 Å². The van der Waals surface area contributed by atoms with Gasteiger partial charge in [-0.15, -0.1) is 0 Å². The highest BCUT2D eigenvalue weighted by Crippen LogP contribution is 2.33. The predicted molar refractivity (Wildman–Crippen MR) is 141 cm³/mol. The number of sulfonamides is 1. The average Bonchev–Trinajstić information content (AvgIpc) is 2.92. The Morgan fingerprint density at radius 1 is 0.947 bits per heavy atom. The number of pyridine rings is 1. The lowest BCUT2D eigenvalue weighted by molar-refractivity contribution is 0.588. The molecular formula is C26H15ClF2N6O2S. The first-order valence-corrected chi connectivity index (χ1v) is 12.7. The van der Waals surface area contributed by atoms with Crippen molar-refractivity contribution in [2.45, 2.75) is 4.90 Å². The van der Waals surface area contributed by atoms with E-state index in [4.69, 9.17) is 18.2 Å². The van der Waals surface area contributed by atoms with Gasteiger partial charge in [0.1, 0.15) is 28.2 Å². The largest absolute Gasteiger partial charge is 0.333 e. The molecule has 8 nitrogen and oxygen atoms in total. The van der Waals surface area contributed by atoms with Gasteiger partial charge in [0.2, 0.25) is 0 Å². The molecular weight excluding hydrogens is 534 g/mol. The van der Waals surface area contributed by atoms with Crippen molar-refractivity contribution in [1.29, 1.82) is 0 Å². The van der Waals surface area contributed by atoms with Crippen LogP contribution in [-0.2, 0) is 10.0 Å². The molecule has 12 heteroatoms. The van der Waals surface area contributed by atoms with Gasteiger partial charge in [-0.25, -0.2) is 37.0 Å². The van der Waals surface area contributed by atoms with Gasteiger partial charge in [0.15, 0.2) is 17.3 Å². The first-order chi connectivity index (χ1) is 18.3. The summed E-state index contributed by atoms with van der Waals surface area (Å²) in [7, 11) is -4.28. The van der Waals surface area contributed by atoms with Gasteiger partial charge in [-0.3, -0.25) is 4.72 Å². The molecule has 0 saturated carbocycles. The lowest BCUT2D eigenvalue weighted by Gasteiger charge is -2.14. The maximum absolute atomic E-state index is 15.4. The highest BCUT2D eigenvalue weighted by molar-refractivity contribution is 7.92. The molecule has 38 heavy (non-hydrogen) atoms.